The van der Waals surface area contributed by atoms with E-state index in [1.165, 1.54) is 5.57 Å². The van der Waals surface area contributed by atoms with Gasteiger partial charge in [0.05, 0.1) is 6.10 Å². The highest BCUT2D eigenvalue weighted by Gasteiger charge is 2.27. The summed E-state index contributed by atoms with van der Waals surface area (Å²) < 4.78 is 6.48. The molecule has 0 heterocycles. The second kappa shape index (κ2) is 14.5. The lowest BCUT2D eigenvalue weighted by atomic mass is 9.83. The van der Waals surface area contributed by atoms with Gasteiger partial charge in [-0.05, 0) is 32.8 Å². The Balaban J connectivity index is 0.00000258. The summed E-state index contributed by atoms with van der Waals surface area (Å²) in [7, 11) is 0. The van der Waals surface area contributed by atoms with E-state index in [1.807, 2.05) is 52.0 Å². The lowest BCUT2D eigenvalue weighted by Gasteiger charge is -2.31. The van der Waals surface area contributed by atoms with Gasteiger partial charge in [0, 0.05) is 22.0 Å². The van der Waals surface area contributed by atoms with Crippen molar-refractivity contribution in [3.63, 3.8) is 0 Å². The first-order valence-corrected chi connectivity index (χ1v) is 13.3. The minimum atomic E-state index is -0.529. The molecule has 0 bridgehead atoms. The fraction of sp³-hybridized carbons (Fsp3) is 0.594. The third-order valence-electron chi connectivity index (χ3n) is 6.18. The van der Waals surface area contributed by atoms with Crippen molar-refractivity contribution in [2.24, 2.45) is 10.8 Å². The molecular weight excluding hydrogens is 416 g/mol. The molecule has 0 aromatic heterocycles. The second-order valence-electron chi connectivity index (χ2n) is 10.1. The van der Waals surface area contributed by atoms with Crippen LogP contribution in [0.15, 0.2) is 71.4 Å². The number of carbonyl (C=O) groups is 1. The van der Waals surface area contributed by atoms with E-state index in [-0.39, 0.29) is 22.7 Å². The molecule has 0 amide bonds. The normalized spacial score (nSPS) is 26.8. The second-order valence-corrected chi connectivity index (χ2v) is 10.1. The summed E-state index contributed by atoms with van der Waals surface area (Å²) >= 11 is 0. The average molecular weight is 469 g/mol. The van der Waals surface area contributed by atoms with Crippen LogP contribution in [0.2, 0.25) is 0 Å². The fourth-order valence-electron chi connectivity index (χ4n) is 3.67. The van der Waals surface area contributed by atoms with E-state index in [4.69, 9.17) is 4.74 Å². The number of ether oxygens (including phenoxy) is 1. The number of ketones is 1. The summed E-state index contributed by atoms with van der Waals surface area (Å²) in [4.78, 5) is 13.4. The van der Waals surface area contributed by atoms with Crippen molar-refractivity contribution < 1.29 is 9.53 Å². The van der Waals surface area contributed by atoms with E-state index in [9.17, 15) is 4.79 Å². The van der Waals surface area contributed by atoms with Crippen molar-refractivity contribution in [1.29, 1.82) is 0 Å². The molecule has 0 radical (unpaired) electrons. The van der Waals surface area contributed by atoms with Crippen LogP contribution in [-0.2, 0) is 9.53 Å². The highest BCUT2D eigenvalue weighted by molar-refractivity contribution is 6.12. The van der Waals surface area contributed by atoms with Crippen LogP contribution in [0, 0.1) is 10.8 Å². The van der Waals surface area contributed by atoms with Crippen molar-refractivity contribution in [2.45, 2.75) is 114 Å². The summed E-state index contributed by atoms with van der Waals surface area (Å²) in [5.74, 6) is 0.0515. The van der Waals surface area contributed by atoms with Crippen LogP contribution < -0.4 is 0 Å². The Morgan fingerprint density at radius 1 is 0.853 bits per heavy atom. The molecule has 0 spiro atoms. The van der Waals surface area contributed by atoms with Gasteiger partial charge in [0.15, 0.2) is 5.78 Å². The Kier molecular flexibility index (Phi) is 13.6. The van der Waals surface area contributed by atoms with E-state index in [0.29, 0.717) is 5.57 Å². The first-order valence-electron chi connectivity index (χ1n) is 13.3. The number of hydrogen-bond donors (Lipinski definition) is 0. The molecular formula is C32H52O2. The first kappa shape index (κ1) is 32.1. The molecule has 0 aromatic rings. The van der Waals surface area contributed by atoms with Crippen molar-refractivity contribution in [3.05, 3.63) is 71.4 Å². The van der Waals surface area contributed by atoms with Crippen LogP contribution in [0.4, 0.5) is 0 Å². The van der Waals surface area contributed by atoms with Crippen molar-refractivity contribution in [1.82, 2.24) is 0 Å². The van der Waals surface area contributed by atoms with Gasteiger partial charge in [-0.15, -0.1) is 0 Å². The molecule has 0 saturated heterocycles. The molecule has 0 aliphatic heterocycles. The summed E-state index contributed by atoms with van der Waals surface area (Å²) in [6.07, 6.45) is 21.8. The third-order valence-corrected chi connectivity index (χ3v) is 6.18. The zero-order valence-corrected chi connectivity index (χ0v) is 24.2. The number of rotatable bonds is 7. The van der Waals surface area contributed by atoms with E-state index in [1.54, 1.807) is 0 Å². The molecule has 2 unspecified atom stereocenters. The maximum Gasteiger partial charge on any atom is 0.192 e. The van der Waals surface area contributed by atoms with Gasteiger partial charge in [-0.25, -0.2) is 0 Å². The smallest absolute Gasteiger partial charge is 0.192 e. The highest BCUT2D eigenvalue weighted by atomic mass is 16.5. The predicted octanol–water partition coefficient (Wildman–Crippen LogP) is 9.51. The van der Waals surface area contributed by atoms with Gasteiger partial charge in [-0.1, -0.05) is 130 Å². The van der Waals surface area contributed by atoms with Crippen molar-refractivity contribution >= 4 is 5.78 Å². The van der Waals surface area contributed by atoms with Crippen LogP contribution in [0.1, 0.15) is 102 Å². The summed E-state index contributed by atoms with van der Waals surface area (Å²) in [6, 6.07) is 0. The van der Waals surface area contributed by atoms with E-state index >= 15 is 0 Å². The van der Waals surface area contributed by atoms with Gasteiger partial charge in [0.1, 0.15) is 5.60 Å². The first-order chi connectivity index (χ1) is 15.9. The zero-order valence-electron chi connectivity index (χ0n) is 24.2. The van der Waals surface area contributed by atoms with Crippen molar-refractivity contribution in [2.75, 3.05) is 0 Å². The minimum Gasteiger partial charge on any atom is -0.364 e. The SMILES string of the molecule is CC.CC.CCCC(CC)OC1(C)/C=C\C(C(=O)C2=CC=C(C)C(C)(C)C=C2)=C/C(C)(C)/C=C\1. The summed E-state index contributed by atoms with van der Waals surface area (Å²) in [5, 5.41) is 0. The average Bonchev–Trinajstić information content (AvgIpc) is 2.94. The Morgan fingerprint density at radius 3 is 2.00 bits per heavy atom. The zero-order chi connectivity index (χ0) is 26.6. The molecule has 2 nitrogen and oxygen atoms in total. The molecule has 2 aliphatic rings. The molecule has 192 valence electrons. The van der Waals surface area contributed by atoms with Crippen LogP contribution in [0.5, 0.6) is 0 Å². The van der Waals surface area contributed by atoms with E-state index in [2.05, 4.69) is 85.8 Å². The molecule has 2 rings (SSSR count). The number of carbonyl (C=O) groups excluding carboxylic acids is 1. The number of allylic oxidation sites excluding steroid dienone is 10. The highest BCUT2D eigenvalue weighted by Crippen LogP contribution is 2.33. The van der Waals surface area contributed by atoms with E-state index in [0.717, 1.165) is 24.8 Å². The van der Waals surface area contributed by atoms with Crippen molar-refractivity contribution in [3.8, 4) is 0 Å². The van der Waals surface area contributed by atoms with Crippen LogP contribution in [0.25, 0.3) is 0 Å². The Labute approximate surface area is 211 Å². The molecule has 0 fully saturated rings. The van der Waals surface area contributed by atoms with Gasteiger partial charge in [-0.3, -0.25) is 4.79 Å². The van der Waals surface area contributed by atoms with Crippen LogP contribution in [0.3, 0.4) is 0 Å². The quantitative estimate of drug-likeness (QED) is 0.348. The lowest BCUT2D eigenvalue weighted by molar-refractivity contribution is -0.111. The summed E-state index contributed by atoms with van der Waals surface area (Å²) in [6.45, 7) is 25.1. The molecule has 0 aromatic carbocycles. The number of Topliss-reactive ketones (excluding diaryl/α,β-unsaturated/α-hetero) is 1. The fourth-order valence-corrected chi connectivity index (χ4v) is 3.67. The predicted molar refractivity (Wildman–Crippen MR) is 151 cm³/mol. The topological polar surface area (TPSA) is 26.3 Å². The summed E-state index contributed by atoms with van der Waals surface area (Å²) in [5.41, 5.74) is 1.86. The lowest BCUT2D eigenvalue weighted by Crippen LogP contribution is -2.31. The van der Waals surface area contributed by atoms with Gasteiger partial charge < -0.3 is 4.74 Å². The Morgan fingerprint density at radius 2 is 1.44 bits per heavy atom. The van der Waals surface area contributed by atoms with Gasteiger partial charge >= 0.3 is 0 Å². The maximum atomic E-state index is 13.4. The Bertz CT molecular complexity index is 827. The van der Waals surface area contributed by atoms with E-state index < -0.39 is 5.60 Å². The number of hydrogen-bond acceptors (Lipinski definition) is 2. The Hall–Kier alpha value is -1.93. The van der Waals surface area contributed by atoms with Crippen LogP contribution >= 0.6 is 0 Å². The monoisotopic (exact) mass is 468 g/mol. The minimum absolute atomic E-state index is 0.0491. The molecule has 2 aliphatic carbocycles. The molecule has 2 atom stereocenters. The van der Waals surface area contributed by atoms with Gasteiger partial charge in [0.25, 0.3) is 0 Å². The standard InChI is InChI=1S/C28H40O2.2C2H6/c1-9-11-24(10-2)30-28(8)17-15-23(20-26(4,5)18-19-28)25(29)22-13-12-21(3)27(6,7)16-14-22;2*1-2/h12-20,24H,9-11H2,1-8H3;2*1-2H3/b17-15-,19-18-,23-20+;;. The third kappa shape index (κ3) is 9.74. The van der Waals surface area contributed by atoms with Gasteiger partial charge in [-0.2, -0.15) is 0 Å². The van der Waals surface area contributed by atoms with Crippen LogP contribution in [-0.4, -0.2) is 17.5 Å². The maximum absolute atomic E-state index is 13.4. The van der Waals surface area contributed by atoms with Gasteiger partial charge in [0.2, 0.25) is 0 Å². The molecule has 0 N–H and O–H groups in total. The largest absolute Gasteiger partial charge is 0.364 e. The molecule has 0 saturated carbocycles. The molecule has 34 heavy (non-hydrogen) atoms. The molecule has 2 heteroatoms.